The molecule has 0 amide bonds. The fraction of sp³-hybridized carbons (Fsp3) is 0.394. The van der Waals surface area contributed by atoms with Crippen molar-refractivity contribution in [2.45, 2.75) is 50.2 Å². The van der Waals surface area contributed by atoms with E-state index in [1.54, 1.807) is 12.1 Å². The lowest BCUT2D eigenvalue weighted by molar-refractivity contribution is -0.0256. The van der Waals surface area contributed by atoms with Crippen LogP contribution in [0.3, 0.4) is 0 Å². The third-order valence-corrected chi connectivity index (χ3v) is 13.8. The Balaban J connectivity index is 1.54. The van der Waals surface area contributed by atoms with E-state index in [0.29, 0.717) is 13.2 Å². The number of ether oxygens (including phenoxy) is 1. The van der Waals surface area contributed by atoms with E-state index < -0.39 is 8.32 Å². The molecular formula is C33H39FO3Si. The molecule has 2 bridgehead atoms. The van der Waals surface area contributed by atoms with Gasteiger partial charge in [0.25, 0.3) is 8.32 Å². The average Bonchev–Trinajstić information content (AvgIpc) is 3.48. The van der Waals surface area contributed by atoms with Crippen molar-refractivity contribution in [2.24, 2.45) is 11.8 Å². The Morgan fingerprint density at radius 2 is 1.55 bits per heavy atom. The first-order valence-electron chi connectivity index (χ1n) is 13.7. The molecule has 2 fully saturated rings. The quantitative estimate of drug-likeness (QED) is 0.289. The Labute approximate surface area is 227 Å². The molecule has 5 rings (SSSR count). The van der Waals surface area contributed by atoms with Gasteiger partial charge in [0.1, 0.15) is 5.82 Å². The SMILES string of the molecule is CC(C)(C)[Si](OCC1C2CC(c3ccc(F)cc3)(CO2)C1C/C=C/CO)(c1ccccc1)c1ccccc1. The van der Waals surface area contributed by atoms with Gasteiger partial charge in [0.2, 0.25) is 0 Å². The first-order valence-corrected chi connectivity index (χ1v) is 15.6. The first kappa shape index (κ1) is 27.0. The summed E-state index contributed by atoms with van der Waals surface area (Å²) < 4.78 is 27.6. The number of rotatable bonds is 9. The van der Waals surface area contributed by atoms with Crippen LogP contribution in [0, 0.1) is 17.7 Å². The van der Waals surface area contributed by atoms with Crippen LogP contribution in [0.1, 0.15) is 39.2 Å². The molecule has 4 unspecified atom stereocenters. The molecule has 200 valence electrons. The molecule has 1 N–H and O–H groups in total. The van der Waals surface area contributed by atoms with Crippen LogP contribution in [0.15, 0.2) is 97.1 Å². The summed E-state index contributed by atoms with van der Waals surface area (Å²) in [6.45, 7) is 8.17. The van der Waals surface area contributed by atoms with Crippen molar-refractivity contribution in [3.63, 3.8) is 0 Å². The van der Waals surface area contributed by atoms with Gasteiger partial charge in [0.15, 0.2) is 0 Å². The smallest absolute Gasteiger partial charge is 0.261 e. The molecule has 1 saturated carbocycles. The van der Waals surface area contributed by atoms with Crippen LogP contribution in [0.4, 0.5) is 4.39 Å². The van der Waals surface area contributed by atoms with Crippen LogP contribution in [-0.4, -0.2) is 39.3 Å². The summed E-state index contributed by atoms with van der Waals surface area (Å²) in [6, 6.07) is 28.5. The van der Waals surface area contributed by atoms with Gasteiger partial charge >= 0.3 is 0 Å². The molecular weight excluding hydrogens is 491 g/mol. The number of halogens is 1. The van der Waals surface area contributed by atoms with Gasteiger partial charge in [-0.2, -0.15) is 0 Å². The van der Waals surface area contributed by atoms with E-state index in [0.717, 1.165) is 18.4 Å². The highest BCUT2D eigenvalue weighted by atomic mass is 28.4. The van der Waals surface area contributed by atoms with Gasteiger partial charge in [0.05, 0.1) is 19.3 Å². The van der Waals surface area contributed by atoms with Crippen LogP contribution in [-0.2, 0) is 14.6 Å². The number of allylic oxidation sites excluding steroid dienone is 1. The summed E-state index contributed by atoms with van der Waals surface area (Å²) in [7, 11) is -2.69. The second-order valence-electron chi connectivity index (χ2n) is 11.9. The second kappa shape index (κ2) is 10.9. The van der Waals surface area contributed by atoms with Gasteiger partial charge in [-0.25, -0.2) is 4.39 Å². The number of hydrogen-bond donors (Lipinski definition) is 1. The molecule has 0 aromatic heterocycles. The van der Waals surface area contributed by atoms with E-state index in [1.807, 2.05) is 18.2 Å². The van der Waals surface area contributed by atoms with E-state index >= 15 is 0 Å². The summed E-state index contributed by atoms with van der Waals surface area (Å²) >= 11 is 0. The molecule has 5 heteroatoms. The van der Waals surface area contributed by atoms with Gasteiger partial charge in [-0.3, -0.25) is 0 Å². The summed E-state index contributed by atoms with van der Waals surface area (Å²) in [4.78, 5) is 0. The fourth-order valence-electron chi connectivity index (χ4n) is 7.06. The van der Waals surface area contributed by atoms with E-state index in [1.165, 1.54) is 10.4 Å². The van der Waals surface area contributed by atoms with Gasteiger partial charge < -0.3 is 14.3 Å². The molecule has 2 aliphatic rings. The van der Waals surface area contributed by atoms with E-state index in [-0.39, 0.29) is 40.8 Å². The summed E-state index contributed by atoms with van der Waals surface area (Å²) in [5, 5.41) is 11.9. The van der Waals surface area contributed by atoms with Gasteiger partial charge in [-0.05, 0) is 51.9 Å². The van der Waals surface area contributed by atoms with Crippen molar-refractivity contribution in [3.8, 4) is 0 Å². The molecule has 1 heterocycles. The van der Waals surface area contributed by atoms with Crippen molar-refractivity contribution in [1.82, 2.24) is 0 Å². The van der Waals surface area contributed by atoms with E-state index in [2.05, 4.69) is 87.5 Å². The predicted molar refractivity (Wildman–Crippen MR) is 154 cm³/mol. The Bertz CT molecular complexity index is 1180. The van der Waals surface area contributed by atoms with Gasteiger partial charge in [-0.15, -0.1) is 0 Å². The molecule has 0 spiro atoms. The van der Waals surface area contributed by atoms with Crippen LogP contribution >= 0.6 is 0 Å². The zero-order valence-corrected chi connectivity index (χ0v) is 23.6. The highest BCUT2D eigenvalue weighted by Gasteiger charge is 2.60. The third-order valence-electron chi connectivity index (χ3n) is 8.81. The topological polar surface area (TPSA) is 38.7 Å². The molecule has 3 aromatic rings. The number of benzene rings is 3. The lowest BCUT2D eigenvalue weighted by Crippen LogP contribution is -2.67. The summed E-state index contributed by atoms with van der Waals surface area (Å²) in [5.41, 5.74) is 0.953. The molecule has 0 radical (unpaired) electrons. The van der Waals surface area contributed by atoms with Crippen molar-refractivity contribution in [2.75, 3.05) is 19.8 Å². The van der Waals surface area contributed by atoms with Crippen LogP contribution in [0.25, 0.3) is 0 Å². The number of aliphatic hydroxyl groups excluding tert-OH is 1. The van der Waals surface area contributed by atoms with Crippen molar-refractivity contribution < 1.29 is 18.7 Å². The monoisotopic (exact) mass is 530 g/mol. The Hall–Kier alpha value is -2.57. The summed E-state index contributed by atoms with van der Waals surface area (Å²) in [6.07, 6.45) is 5.74. The zero-order valence-electron chi connectivity index (χ0n) is 22.6. The van der Waals surface area contributed by atoms with Crippen molar-refractivity contribution in [1.29, 1.82) is 0 Å². The van der Waals surface area contributed by atoms with Crippen LogP contribution < -0.4 is 10.4 Å². The fourth-order valence-corrected chi connectivity index (χ4v) is 11.7. The molecule has 3 aromatic carbocycles. The second-order valence-corrected chi connectivity index (χ2v) is 16.2. The largest absolute Gasteiger partial charge is 0.407 e. The van der Waals surface area contributed by atoms with Gasteiger partial charge in [0, 0.05) is 17.9 Å². The molecule has 1 aliphatic heterocycles. The standard InChI is InChI=1S/C33H39FO3Si/c1-32(2,3)38(27-12-6-4-7-13-27,28-14-8-5-9-15-28)37-23-29-30(16-10-11-21-35)33(22-31(29)36-24-33)25-17-19-26(34)20-18-25/h4-15,17-20,29-31,35H,16,21-24H2,1-3H3/b11-10+. The number of aliphatic hydroxyl groups is 1. The lowest BCUT2D eigenvalue weighted by atomic mass is 9.69. The normalized spacial score (nSPS) is 25.3. The van der Waals surface area contributed by atoms with E-state index in [9.17, 15) is 9.50 Å². The molecule has 4 atom stereocenters. The highest BCUT2D eigenvalue weighted by molar-refractivity contribution is 6.99. The van der Waals surface area contributed by atoms with Gasteiger partial charge in [-0.1, -0.05) is 106 Å². The lowest BCUT2D eigenvalue weighted by Gasteiger charge is -2.45. The van der Waals surface area contributed by atoms with E-state index in [4.69, 9.17) is 9.16 Å². The third kappa shape index (κ3) is 4.71. The molecule has 1 aliphatic carbocycles. The summed E-state index contributed by atoms with van der Waals surface area (Å²) in [5.74, 6) is 0.244. The molecule has 3 nitrogen and oxygen atoms in total. The minimum absolute atomic E-state index is 0.0272. The minimum Gasteiger partial charge on any atom is -0.407 e. The Morgan fingerprint density at radius 3 is 2.11 bits per heavy atom. The zero-order chi connectivity index (χ0) is 26.8. The Morgan fingerprint density at radius 1 is 0.947 bits per heavy atom. The van der Waals surface area contributed by atoms with Crippen LogP contribution in [0.5, 0.6) is 0 Å². The first-order chi connectivity index (χ1) is 18.3. The van der Waals surface area contributed by atoms with Crippen LogP contribution in [0.2, 0.25) is 5.04 Å². The Kier molecular flexibility index (Phi) is 7.74. The van der Waals surface area contributed by atoms with Crippen molar-refractivity contribution >= 4 is 18.7 Å². The highest BCUT2D eigenvalue weighted by Crippen LogP contribution is 2.57. The number of hydrogen-bond acceptors (Lipinski definition) is 3. The van der Waals surface area contributed by atoms with Crippen molar-refractivity contribution in [3.05, 3.63) is 108 Å². The molecule has 1 saturated heterocycles. The minimum atomic E-state index is -2.69. The maximum absolute atomic E-state index is 13.8. The predicted octanol–water partition coefficient (Wildman–Crippen LogP) is 5.61. The average molecular weight is 531 g/mol. The number of fused-ring (bicyclic) bond motifs is 2. The maximum Gasteiger partial charge on any atom is 0.261 e. The molecule has 38 heavy (non-hydrogen) atoms. The maximum atomic E-state index is 13.8.